The molecule has 7 aromatic rings. The van der Waals surface area contributed by atoms with Crippen molar-refractivity contribution in [3.05, 3.63) is 127 Å². The SMILES string of the molecule is CC(C)(C)c1ccnc2c(-c3ccc4c5ccccc5n(-c5cccc(-c6ccccn6)c5)c4c3)cccc12. The Morgan fingerprint density at radius 3 is 2.21 bits per heavy atom. The maximum absolute atomic E-state index is 4.87. The molecule has 0 N–H and O–H groups in total. The number of fused-ring (bicyclic) bond motifs is 4. The first-order chi connectivity index (χ1) is 19.0. The van der Waals surface area contributed by atoms with E-state index in [2.05, 4.69) is 127 Å². The van der Waals surface area contributed by atoms with Crippen LogP contribution in [0.3, 0.4) is 0 Å². The highest BCUT2D eigenvalue weighted by Crippen LogP contribution is 2.38. The van der Waals surface area contributed by atoms with Crippen molar-refractivity contribution in [3.8, 4) is 28.1 Å². The van der Waals surface area contributed by atoms with Crippen LogP contribution in [0.15, 0.2) is 122 Å². The molecule has 188 valence electrons. The molecule has 4 aromatic carbocycles. The second-order valence-electron chi connectivity index (χ2n) is 11.2. The summed E-state index contributed by atoms with van der Waals surface area (Å²) in [5.74, 6) is 0. The van der Waals surface area contributed by atoms with E-state index in [4.69, 9.17) is 4.98 Å². The second-order valence-corrected chi connectivity index (χ2v) is 11.2. The van der Waals surface area contributed by atoms with Crippen LogP contribution >= 0.6 is 0 Å². The number of hydrogen-bond acceptors (Lipinski definition) is 2. The molecule has 0 spiro atoms. The highest BCUT2D eigenvalue weighted by molar-refractivity contribution is 6.11. The van der Waals surface area contributed by atoms with Gasteiger partial charge in [0, 0.05) is 45.4 Å². The molecule has 0 radical (unpaired) electrons. The predicted molar refractivity (Wildman–Crippen MR) is 163 cm³/mol. The van der Waals surface area contributed by atoms with Gasteiger partial charge in [-0.05, 0) is 59.0 Å². The van der Waals surface area contributed by atoms with Crippen LogP contribution in [0.2, 0.25) is 0 Å². The fourth-order valence-electron chi connectivity index (χ4n) is 5.82. The van der Waals surface area contributed by atoms with Gasteiger partial charge in [0.25, 0.3) is 0 Å². The highest BCUT2D eigenvalue weighted by Gasteiger charge is 2.19. The summed E-state index contributed by atoms with van der Waals surface area (Å²) >= 11 is 0. The number of para-hydroxylation sites is 2. The van der Waals surface area contributed by atoms with E-state index in [0.717, 1.165) is 33.6 Å². The predicted octanol–water partition coefficient (Wildman–Crippen LogP) is 9.36. The average molecular weight is 504 g/mol. The molecule has 7 rings (SSSR count). The van der Waals surface area contributed by atoms with Crippen LogP contribution in [0.25, 0.3) is 60.8 Å². The van der Waals surface area contributed by atoms with Gasteiger partial charge in [0.2, 0.25) is 0 Å². The summed E-state index contributed by atoms with van der Waals surface area (Å²) in [6.07, 6.45) is 3.79. The van der Waals surface area contributed by atoms with Crippen molar-refractivity contribution in [1.29, 1.82) is 0 Å². The lowest BCUT2D eigenvalue weighted by molar-refractivity contribution is 0.595. The van der Waals surface area contributed by atoms with Gasteiger partial charge in [-0.25, -0.2) is 0 Å². The van der Waals surface area contributed by atoms with E-state index in [1.807, 2.05) is 24.5 Å². The van der Waals surface area contributed by atoms with E-state index >= 15 is 0 Å². The molecule has 3 heterocycles. The van der Waals surface area contributed by atoms with E-state index in [1.54, 1.807) is 0 Å². The standard InChI is InChI=1S/C36H29N3/c1-36(2,3)31-19-21-38-35-27(13-9-14-30(31)35)24-17-18-29-28-12-4-5-16-33(28)39(34(29)23-24)26-11-8-10-25(22-26)32-15-6-7-20-37-32/h4-23H,1-3H3. The van der Waals surface area contributed by atoms with Gasteiger partial charge >= 0.3 is 0 Å². The zero-order valence-corrected chi connectivity index (χ0v) is 22.4. The molecular weight excluding hydrogens is 474 g/mol. The lowest BCUT2D eigenvalue weighted by atomic mass is 9.84. The summed E-state index contributed by atoms with van der Waals surface area (Å²) in [5.41, 5.74) is 10.3. The monoisotopic (exact) mass is 503 g/mol. The molecule has 3 aromatic heterocycles. The molecule has 0 unspecified atom stereocenters. The van der Waals surface area contributed by atoms with Crippen LogP contribution in [-0.4, -0.2) is 14.5 Å². The molecule has 0 atom stereocenters. The molecule has 0 bridgehead atoms. The zero-order valence-electron chi connectivity index (χ0n) is 22.4. The number of nitrogens with zero attached hydrogens (tertiary/aromatic N) is 3. The van der Waals surface area contributed by atoms with Crippen molar-refractivity contribution in [2.75, 3.05) is 0 Å². The third-order valence-electron chi connectivity index (χ3n) is 7.63. The molecule has 0 aliphatic carbocycles. The van der Waals surface area contributed by atoms with Crippen LogP contribution in [0.4, 0.5) is 0 Å². The van der Waals surface area contributed by atoms with Crippen molar-refractivity contribution in [1.82, 2.24) is 14.5 Å². The van der Waals surface area contributed by atoms with Crippen LogP contribution in [0.1, 0.15) is 26.3 Å². The summed E-state index contributed by atoms with van der Waals surface area (Å²) in [6.45, 7) is 6.79. The number of pyridine rings is 2. The summed E-state index contributed by atoms with van der Waals surface area (Å²) in [6, 6.07) is 38.9. The molecule has 0 amide bonds. The second kappa shape index (κ2) is 8.92. The highest BCUT2D eigenvalue weighted by atomic mass is 15.0. The van der Waals surface area contributed by atoms with Crippen molar-refractivity contribution in [2.24, 2.45) is 0 Å². The number of benzene rings is 4. The zero-order chi connectivity index (χ0) is 26.6. The Balaban J connectivity index is 1.48. The van der Waals surface area contributed by atoms with Crippen molar-refractivity contribution in [2.45, 2.75) is 26.2 Å². The summed E-state index contributed by atoms with van der Waals surface area (Å²) in [5, 5.41) is 3.70. The molecule has 3 nitrogen and oxygen atoms in total. The smallest absolute Gasteiger partial charge is 0.0783 e. The van der Waals surface area contributed by atoms with Gasteiger partial charge in [-0.3, -0.25) is 9.97 Å². The summed E-state index contributed by atoms with van der Waals surface area (Å²) in [4.78, 5) is 9.45. The average Bonchev–Trinajstić information content (AvgIpc) is 3.30. The van der Waals surface area contributed by atoms with Crippen molar-refractivity contribution < 1.29 is 0 Å². The quantitative estimate of drug-likeness (QED) is 0.240. The molecule has 0 saturated heterocycles. The lowest BCUT2D eigenvalue weighted by Crippen LogP contribution is -2.12. The normalized spacial score (nSPS) is 12.0. The van der Waals surface area contributed by atoms with E-state index in [-0.39, 0.29) is 5.41 Å². The first-order valence-corrected chi connectivity index (χ1v) is 13.4. The van der Waals surface area contributed by atoms with Gasteiger partial charge in [0.05, 0.1) is 22.2 Å². The fourth-order valence-corrected chi connectivity index (χ4v) is 5.82. The van der Waals surface area contributed by atoms with Gasteiger partial charge in [0.15, 0.2) is 0 Å². The van der Waals surface area contributed by atoms with Gasteiger partial charge in [-0.2, -0.15) is 0 Å². The van der Waals surface area contributed by atoms with Gasteiger partial charge in [-0.15, -0.1) is 0 Å². The molecule has 3 heteroatoms. The molecule has 0 saturated carbocycles. The Bertz CT molecular complexity index is 1990. The first kappa shape index (κ1) is 23.4. The summed E-state index contributed by atoms with van der Waals surface area (Å²) < 4.78 is 2.37. The lowest BCUT2D eigenvalue weighted by Gasteiger charge is -2.21. The number of rotatable bonds is 3. The Morgan fingerprint density at radius 2 is 1.36 bits per heavy atom. The van der Waals surface area contributed by atoms with Gasteiger partial charge < -0.3 is 4.57 Å². The first-order valence-electron chi connectivity index (χ1n) is 13.4. The fraction of sp³-hybridized carbons (Fsp3) is 0.111. The van der Waals surface area contributed by atoms with Crippen LogP contribution < -0.4 is 0 Å². The Hall–Kier alpha value is -4.76. The number of aromatic nitrogens is 3. The van der Waals surface area contributed by atoms with E-state index in [0.29, 0.717) is 0 Å². The third kappa shape index (κ3) is 3.90. The molecular formula is C36H29N3. The van der Waals surface area contributed by atoms with Crippen LogP contribution in [-0.2, 0) is 5.41 Å². The minimum Gasteiger partial charge on any atom is -0.309 e. The van der Waals surface area contributed by atoms with Gasteiger partial charge in [0.1, 0.15) is 0 Å². The Labute approximate surface area is 228 Å². The molecule has 0 aliphatic rings. The Morgan fingerprint density at radius 1 is 0.564 bits per heavy atom. The third-order valence-corrected chi connectivity index (χ3v) is 7.63. The maximum Gasteiger partial charge on any atom is 0.0783 e. The molecule has 0 fully saturated rings. The maximum atomic E-state index is 4.87. The van der Waals surface area contributed by atoms with Crippen LogP contribution in [0.5, 0.6) is 0 Å². The van der Waals surface area contributed by atoms with Crippen molar-refractivity contribution in [3.63, 3.8) is 0 Å². The van der Waals surface area contributed by atoms with E-state index in [9.17, 15) is 0 Å². The van der Waals surface area contributed by atoms with E-state index in [1.165, 1.54) is 32.8 Å². The minimum atomic E-state index is 0.0365. The van der Waals surface area contributed by atoms with Crippen LogP contribution in [0, 0.1) is 0 Å². The van der Waals surface area contributed by atoms with Crippen molar-refractivity contribution >= 4 is 32.7 Å². The topological polar surface area (TPSA) is 30.7 Å². The molecule has 39 heavy (non-hydrogen) atoms. The van der Waals surface area contributed by atoms with E-state index < -0.39 is 0 Å². The minimum absolute atomic E-state index is 0.0365. The molecule has 0 aliphatic heterocycles. The van der Waals surface area contributed by atoms with Gasteiger partial charge in [-0.1, -0.05) is 87.5 Å². The largest absolute Gasteiger partial charge is 0.309 e. The number of hydrogen-bond donors (Lipinski definition) is 0. The summed E-state index contributed by atoms with van der Waals surface area (Å²) in [7, 11) is 0. The Kier molecular flexibility index (Phi) is 5.34.